The molecule has 1 amide bonds. The average Bonchev–Trinajstić information content (AvgIpc) is 3.51. The van der Waals surface area contributed by atoms with Gasteiger partial charge in [-0.15, -0.1) is 16.8 Å². The van der Waals surface area contributed by atoms with Crippen LogP contribution in [0.25, 0.3) is 0 Å². The third-order valence-electron chi connectivity index (χ3n) is 6.57. The first kappa shape index (κ1) is 23.5. The third-order valence-corrected chi connectivity index (χ3v) is 7.54. The number of thioether (sulfide) groups is 1. The first-order valence-electron chi connectivity index (χ1n) is 12.1. The lowest BCUT2D eigenvalue weighted by molar-refractivity contribution is -0.120. The summed E-state index contributed by atoms with van der Waals surface area (Å²) >= 11 is 1.41. The zero-order valence-corrected chi connectivity index (χ0v) is 20.6. The molecule has 3 aromatic rings. The van der Waals surface area contributed by atoms with Crippen molar-refractivity contribution in [1.82, 2.24) is 20.1 Å². The zero-order chi connectivity index (χ0) is 24.1. The van der Waals surface area contributed by atoms with Crippen LogP contribution in [-0.4, -0.2) is 39.6 Å². The van der Waals surface area contributed by atoms with Gasteiger partial charge in [0.1, 0.15) is 19.0 Å². The fourth-order valence-electron chi connectivity index (χ4n) is 4.89. The van der Waals surface area contributed by atoms with Crippen molar-refractivity contribution in [2.75, 3.05) is 19.0 Å². The Kier molecular flexibility index (Phi) is 7.08. The van der Waals surface area contributed by atoms with E-state index >= 15 is 0 Å². The highest BCUT2D eigenvalue weighted by Crippen LogP contribution is 2.42. The number of ether oxygens (including phenoxy) is 2. The molecule has 35 heavy (non-hydrogen) atoms. The second kappa shape index (κ2) is 10.6. The molecule has 1 fully saturated rings. The van der Waals surface area contributed by atoms with Crippen LogP contribution in [0.15, 0.2) is 66.3 Å². The minimum absolute atomic E-state index is 0.00967. The number of benzene rings is 2. The van der Waals surface area contributed by atoms with Crippen molar-refractivity contribution in [3.05, 3.63) is 78.1 Å². The van der Waals surface area contributed by atoms with E-state index in [1.807, 2.05) is 41.0 Å². The fraction of sp³-hybridized carbons (Fsp3) is 0.370. The number of rotatable bonds is 9. The van der Waals surface area contributed by atoms with Crippen LogP contribution in [0, 0.1) is 0 Å². The second-order valence-corrected chi connectivity index (χ2v) is 9.89. The van der Waals surface area contributed by atoms with E-state index in [0.29, 0.717) is 26.2 Å². The van der Waals surface area contributed by atoms with E-state index in [4.69, 9.17) is 9.47 Å². The summed E-state index contributed by atoms with van der Waals surface area (Å²) in [4.78, 5) is 13.1. The first-order valence-corrected chi connectivity index (χ1v) is 13.1. The predicted molar refractivity (Wildman–Crippen MR) is 136 cm³/mol. The smallest absolute Gasteiger partial charge is 0.231 e. The number of allylic oxidation sites excluding steroid dienone is 1. The Morgan fingerprint density at radius 1 is 1.09 bits per heavy atom. The highest BCUT2D eigenvalue weighted by Gasteiger charge is 2.38. The summed E-state index contributed by atoms with van der Waals surface area (Å²) in [6, 6.07) is 16.2. The van der Waals surface area contributed by atoms with Crippen LogP contribution in [0.5, 0.6) is 11.5 Å². The molecule has 0 spiro atoms. The van der Waals surface area contributed by atoms with E-state index in [1.165, 1.54) is 17.3 Å². The van der Waals surface area contributed by atoms with Gasteiger partial charge in [0.15, 0.2) is 16.7 Å². The maximum Gasteiger partial charge on any atom is 0.231 e. The topological polar surface area (TPSA) is 78.3 Å². The van der Waals surface area contributed by atoms with Gasteiger partial charge in [-0.1, -0.05) is 67.1 Å². The number of nitrogens with one attached hydrogen (secondary N) is 1. The molecule has 5 rings (SSSR count). The van der Waals surface area contributed by atoms with Crippen molar-refractivity contribution in [3.8, 4) is 11.5 Å². The standard InChI is InChI=1S/C27H30N4O3S/c1-2-14-31-24(17-20-8-4-3-5-9-20)29-30-26(31)35-19-25(32)28-27(12-6-7-13-27)21-10-11-22-23(18-21)34-16-15-33-22/h2-5,8-11,18H,1,6-7,12-17,19H2,(H,28,32). The monoisotopic (exact) mass is 490 g/mol. The normalized spacial score (nSPS) is 16.1. The van der Waals surface area contributed by atoms with Gasteiger partial charge >= 0.3 is 0 Å². The Labute approximate surface area is 209 Å². The molecule has 2 aliphatic rings. The van der Waals surface area contributed by atoms with Crippen molar-refractivity contribution < 1.29 is 14.3 Å². The molecule has 0 unspecified atom stereocenters. The Bertz CT molecular complexity index is 1190. The number of hydrogen-bond acceptors (Lipinski definition) is 6. The van der Waals surface area contributed by atoms with Crippen molar-refractivity contribution >= 4 is 17.7 Å². The maximum absolute atomic E-state index is 13.1. The van der Waals surface area contributed by atoms with Crippen molar-refractivity contribution in [1.29, 1.82) is 0 Å². The van der Waals surface area contributed by atoms with Crippen LogP contribution in [0.4, 0.5) is 0 Å². The lowest BCUT2D eigenvalue weighted by Crippen LogP contribution is -2.44. The number of amides is 1. The Balaban J connectivity index is 1.28. The Morgan fingerprint density at radius 2 is 1.86 bits per heavy atom. The van der Waals surface area contributed by atoms with Gasteiger partial charge in [-0.25, -0.2) is 0 Å². The summed E-state index contributed by atoms with van der Waals surface area (Å²) in [5.74, 6) is 2.65. The molecular weight excluding hydrogens is 460 g/mol. The van der Waals surface area contributed by atoms with E-state index in [2.05, 4.69) is 40.3 Å². The van der Waals surface area contributed by atoms with Crippen LogP contribution < -0.4 is 14.8 Å². The van der Waals surface area contributed by atoms with E-state index in [-0.39, 0.29) is 17.2 Å². The molecule has 8 heteroatoms. The molecule has 182 valence electrons. The molecule has 2 heterocycles. The summed E-state index contributed by atoms with van der Waals surface area (Å²) in [5, 5.41) is 12.9. The van der Waals surface area contributed by atoms with E-state index in [1.54, 1.807) is 0 Å². The largest absolute Gasteiger partial charge is 0.486 e. The summed E-state index contributed by atoms with van der Waals surface area (Å²) in [6.45, 7) is 5.59. The van der Waals surface area contributed by atoms with E-state index in [0.717, 1.165) is 53.7 Å². The van der Waals surface area contributed by atoms with E-state index < -0.39 is 0 Å². The minimum atomic E-state index is -0.374. The van der Waals surface area contributed by atoms with Crippen molar-refractivity contribution in [3.63, 3.8) is 0 Å². The van der Waals surface area contributed by atoms with Gasteiger partial charge in [0, 0.05) is 13.0 Å². The molecule has 1 saturated carbocycles. The highest BCUT2D eigenvalue weighted by molar-refractivity contribution is 7.99. The third kappa shape index (κ3) is 5.22. The molecule has 0 atom stereocenters. The van der Waals surface area contributed by atoms with Crippen LogP contribution in [0.2, 0.25) is 0 Å². The van der Waals surface area contributed by atoms with Crippen molar-refractivity contribution in [2.24, 2.45) is 0 Å². The van der Waals surface area contributed by atoms with Crippen LogP contribution in [0.3, 0.4) is 0 Å². The highest BCUT2D eigenvalue weighted by atomic mass is 32.2. The lowest BCUT2D eigenvalue weighted by atomic mass is 9.87. The van der Waals surface area contributed by atoms with Crippen LogP contribution in [-0.2, 0) is 23.3 Å². The quantitative estimate of drug-likeness (QED) is 0.351. The number of carbonyl (C=O) groups excluding carboxylic acids is 1. The molecule has 1 aliphatic carbocycles. The van der Waals surface area contributed by atoms with Gasteiger partial charge < -0.3 is 19.4 Å². The van der Waals surface area contributed by atoms with Crippen LogP contribution in [0.1, 0.15) is 42.6 Å². The molecule has 1 aromatic heterocycles. The number of hydrogen-bond donors (Lipinski definition) is 1. The summed E-state index contributed by atoms with van der Waals surface area (Å²) in [6.07, 6.45) is 6.50. The predicted octanol–water partition coefficient (Wildman–Crippen LogP) is 4.50. The summed E-state index contributed by atoms with van der Waals surface area (Å²) in [5.41, 5.74) is 1.88. The van der Waals surface area contributed by atoms with Gasteiger partial charge in [0.25, 0.3) is 0 Å². The van der Waals surface area contributed by atoms with Gasteiger partial charge in [0.05, 0.1) is 11.3 Å². The molecule has 0 saturated heterocycles. The molecule has 0 radical (unpaired) electrons. The molecule has 2 aromatic carbocycles. The summed E-state index contributed by atoms with van der Waals surface area (Å²) in [7, 11) is 0. The molecule has 1 N–H and O–H groups in total. The minimum Gasteiger partial charge on any atom is -0.486 e. The first-order chi connectivity index (χ1) is 17.2. The Hall–Kier alpha value is -3.26. The zero-order valence-electron chi connectivity index (χ0n) is 19.7. The average molecular weight is 491 g/mol. The molecule has 1 aliphatic heterocycles. The Morgan fingerprint density at radius 3 is 2.63 bits per heavy atom. The fourth-order valence-corrected chi connectivity index (χ4v) is 5.65. The van der Waals surface area contributed by atoms with Crippen LogP contribution >= 0.6 is 11.8 Å². The number of nitrogens with zero attached hydrogens (tertiary/aromatic N) is 3. The molecule has 7 nitrogen and oxygen atoms in total. The number of fused-ring (bicyclic) bond motifs is 1. The SMILES string of the molecule is C=CCn1c(Cc2ccccc2)nnc1SCC(=O)NC1(c2ccc3c(c2)OCCO3)CCCC1. The van der Waals surface area contributed by atoms with Gasteiger partial charge in [-0.2, -0.15) is 0 Å². The maximum atomic E-state index is 13.1. The second-order valence-electron chi connectivity index (χ2n) is 8.94. The van der Waals surface area contributed by atoms with Gasteiger partial charge in [0.2, 0.25) is 5.91 Å². The number of carbonyl (C=O) groups is 1. The van der Waals surface area contributed by atoms with E-state index in [9.17, 15) is 4.79 Å². The molecular formula is C27H30N4O3S. The molecule has 0 bridgehead atoms. The van der Waals surface area contributed by atoms with Gasteiger partial charge in [-0.05, 0) is 36.1 Å². The lowest BCUT2D eigenvalue weighted by Gasteiger charge is -2.32. The van der Waals surface area contributed by atoms with Crippen molar-refractivity contribution in [2.45, 2.75) is 49.3 Å². The summed E-state index contributed by atoms with van der Waals surface area (Å²) < 4.78 is 13.5. The number of aromatic nitrogens is 3. The van der Waals surface area contributed by atoms with Gasteiger partial charge in [-0.3, -0.25) is 4.79 Å².